The monoisotopic (exact) mass is 980 g/mol. The lowest BCUT2D eigenvalue weighted by molar-refractivity contribution is -0.143. The summed E-state index contributed by atoms with van der Waals surface area (Å²) < 4.78 is 5.46. The first kappa shape index (κ1) is 67.6. The molecule has 6 nitrogen and oxygen atoms in total. The number of rotatable bonds is 56. The molecule has 0 aromatic heterocycles. The van der Waals surface area contributed by atoms with Gasteiger partial charge in [-0.1, -0.05) is 267 Å². The van der Waals surface area contributed by atoms with Crippen LogP contribution < -0.4 is 5.32 Å². The van der Waals surface area contributed by atoms with E-state index in [-0.39, 0.29) is 18.5 Å². The summed E-state index contributed by atoms with van der Waals surface area (Å²) in [5.74, 6) is -0.0876. The molecule has 0 aromatic carbocycles. The van der Waals surface area contributed by atoms with Gasteiger partial charge in [-0.05, 0) is 89.9 Å². The number of allylic oxidation sites excluding steroid dienone is 9. The second-order valence-corrected chi connectivity index (χ2v) is 20.7. The van der Waals surface area contributed by atoms with Gasteiger partial charge in [-0.15, -0.1) is 0 Å². The zero-order valence-electron chi connectivity index (χ0n) is 46.5. The summed E-state index contributed by atoms with van der Waals surface area (Å²) in [6.45, 7) is 4.83. The lowest BCUT2D eigenvalue weighted by Crippen LogP contribution is -2.45. The van der Waals surface area contributed by atoms with Gasteiger partial charge in [0.15, 0.2) is 0 Å². The van der Waals surface area contributed by atoms with E-state index in [9.17, 15) is 19.8 Å². The molecule has 3 N–H and O–H groups in total. The Hall–Kier alpha value is -2.44. The summed E-state index contributed by atoms with van der Waals surface area (Å²) in [7, 11) is 0. The summed E-state index contributed by atoms with van der Waals surface area (Å²) >= 11 is 0. The van der Waals surface area contributed by atoms with E-state index in [1.54, 1.807) is 6.08 Å². The van der Waals surface area contributed by atoms with Gasteiger partial charge in [0.05, 0.1) is 25.4 Å². The molecule has 408 valence electrons. The molecule has 0 aromatic rings. The number of aliphatic hydroxyl groups excluding tert-OH is 2. The number of aliphatic hydroxyl groups is 2. The maximum atomic E-state index is 12.5. The Labute approximate surface area is 435 Å². The average molecular weight is 981 g/mol. The number of carbonyl (C=O) groups excluding carboxylic acids is 2. The molecule has 1 amide bonds. The minimum Gasteiger partial charge on any atom is -0.466 e. The highest BCUT2D eigenvalue weighted by atomic mass is 16.5. The molecule has 2 unspecified atom stereocenters. The first-order valence-corrected chi connectivity index (χ1v) is 30.6. The molecule has 70 heavy (non-hydrogen) atoms. The van der Waals surface area contributed by atoms with Crippen molar-refractivity contribution in [3.05, 3.63) is 60.8 Å². The van der Waals surface area contributed by atoms with Crippen molar-refractivity contribution in [1.82, 2.24) is 5.32 Å². The Morgan fingerprint density at radius 2 is 0.743 bits per heavy atom. The summed E-state index contributed by atoms with van der Waals surface area (Å²) in [4.78, 5) is 24.5. The molecule has 0 saturated carbocycles. The molecule has 0 radical (unpaired) electrons. The maximum Gasteiger partial charge on any atom is 0.305 e. The van der Waals surface area contributed by atoms with Crippen LogP contribution in [0.25, 0.3) is 0 Å². The number of ether oxygens (including phenoxy) is 1. The van der Waals surface area contributed by atoms with Crippen LogP contribution in [-0.4, -0.2) is 47.4 Å². The molecule has 0 bridgehead atoms. The number of hydrogen-bond donors (Lipinski definition) is 3. The third-order valence-corrected chi connectivity index (χ3v) is 13.7. The van der Waals surface area contributed by atoms with Crippen LogP contribution in [0.2, 0.25) is 0 Å². The molecular weight excluding hydrogens is 863 g/mol. The molecule has 0 heterocycles. The van der Waals surface area contributed by atoms with Crippen LogP contribution in [0.5, 0.6) is 0 Å². The van der Waals surface area contributed by atoms with E-state index in [2.05, 4.69) is 67.8 Å². The van der Waals surface area contributed by atoms with Gasteiger partial charge in [0.1, 0.15) is 0 Å². The molecule has 2 atom stereocenters. The summed E-state index contributed by atoms with van der Waals surface area (Å²) in [6, 6.07) is -0.637. The fourth-order valence-corrected chi connectivity index (χ4v) is 9.05. The van der Waals surface area contributed by atoms with E-state index in [1.807, 2.05) is 6.08 Å². The minimum absolute atomic E-state index is 0.00951. The van der Waals surface area contributed by atoms with E-state index < -0.39 is 12.1 Å². The summed E-state index contributed by atoms with van der Waals surface area (Å²) in [5.41, 5.74) is 0. The van der Waals surface area contributed by atoms with Gasteiger partial charge in [0.25, 0.3) is 0 Å². The van der Waals surface area contributed by atoms with E-state index in [0.717, 1.165) is 70.6 Å². The maximum absolute atomic E-state index is 12.5. The molecule has 0 saturated heterocycles. The van der Waals surface area contributed by atoms with Crippen molar-refractivity contribution in [2.75, 3.05) is 13.2 Å². The highest BCUT2D eigenvalue weighted by Gasteiger charge is 2.18. The van der Waals surface area contributed by atoms with Gasteiger partial charge >= 0.3 is 5.97 Å². The number of carbonyl (C=O) groups is 2. The van der Waals surface area contributed by atoms with E-state index in [4.69, 9.17) is 4.74 Å². The van der Waals surface area contributed by atoms with Gasteiger partial charge in [0, 0.05) is 12.8 Å². The lowest BCUT2D eigenvalue weighted by Gasteiger charge is -2.20. The Kier molecular flexibility index (Phi) is 57.1. The predicted molar refractivity (Wildman–Crippen MR) is 305 cm³/mol. The van der Waals surface area contributed by atoms with Crippen LogP contribution in [0.1, 0.15) is 309 Å². The van der Waals surface area contributed by atoms with E-state index in [1.165, 1.54) is 212 Å². The highest BCUT2D eigenvalue weighted by Crippen LogP contribution is 2.16. The number of unbranched alkanes of at least 4 members (excludes halogenated alkanes) is 37. The van der Waals surface area contributed by atoms with Crippen molar-refractivity contribution in [2.45, 2.75) is 321 Å². The highest BCUT2D eigenvalue weighted by molar-refractivity contribution is 5.76. The smallest absolute Gasteiger partial charge is 0.305 e. The second-order valence-electron chi connectivity index (χ2n) is 20.7. The van der Waals surface area contributed by atoms with Gasteiger partial charge in [-0.25, -0.2) is 0 Å². The second kappa shape index (κ2) is 59.1. The largest absolute Gasteiger partial charge is 0.466 e. The third kappa shape index (κ3) is 54.9. The van der Waals surface area contributed by atoms with Gasteiger partial charge in [-0.3, -0.25) is 9.59 Å². The Morgan fingerprint density at radius 1 is 0.400 bits per heavy atom. The van der Waals surface area contributed by atoms with Crippen LogP contribution >= 0.6 is 0 Å². The van der Waals surface area contributed by atoms with Crippen LogP contribution in [0.15, 0.2) is 60.8 Å². The zero-order valence-corrected chi connectivity index (χ0v) is 46.5. The minimum atomic E-state index is -0.853. The van der Waals surface area contributed by atoms with Crippen molar-refractivity contribution in [3.63, 3.8) is 0 Å². The van der Waals surface area contributed by atoms with Crippen molar-refractivity contribution in [1.29, 1.82) is 0 Å². The Morgan fingerprint density at radius 3 is 1.14 bits per heavy atom. The first-order valence-electron chi connectivity index (χ1n) is 30.6. The normalized spacial score (nSPS) is 13.0. The van der Waals surface area contributed by atoms with Crippen LogP contribution in [0, 0.1) is 0 Å². The molecule has 0 aliphatic carbocycles. The fourth-order valence-electron chi connectivity index (χ4n) is 9.05. The van der Waals surface area contributed by atoms with Crippen molar-refractivity contribution < 1.29 is 24.5 Å². The van der Waals surface area contributed by atoms with Crippen LogP contribution in [0.4, 0.5) is 0 Å². The van der Waals surface area contributed by atoms with Gasteiger partial charge in [0.2, 0.25) is 5.91 Å². The predicted octanol–water partition coefficient (Wildman–Crippen LogP) is 19.1. The van der Waals surface area contributed by atoms with Crippen LogP contribution in [0.3, 0.4) is 0 Å². The fraction of sp³-hybridized carbons (Fsp3) is 0.812. The van der Waals surface area contributed by atoms with Crippen molar-refractivity contribution in [3.8, 4) is 0 Å². The van der Waals surface area contributed by atoms with Crippen molar-refractivity contribution in [2.24, 2.45) is 0 Å². The van der Waals surface area contributed by atoms with Gasteiger partial charge < -0.3 is 20.3 Å². The number of amides is 1. The molecule has 6 heteroatoms. The SMILES string of the molecule is CCC/C=C\C/C=C\CCCCCCCC(=O)OCCCCCCCCCCC/C=C\C/C=C\CCCCCCCCCC(=O)NC(CO)C(O)/C=C/CCCCCCCCCCCCCCCCC. The molecule has 0 aliphatic rings. The Bertz CT molecular complexity index is 1220. The molecule has 0 aliphatic heterocycles. The molecule has 0 spiro atoms. The number of esters is 1. The van der Waals surface area contributed by atoms with Crippen LogP contribution in [-0.2, 0) is 14.3 Å². The lowest BCUT2D eigenvalue weighted by atomic mass is 10.0. The van der Waals surface area contributed by atoms with E-state index in [0.29, 0.717) is 19.4 Å². The van der Waals surface area contributed by atoms with Gasteiger partial charge in [-0.2, -0.15) is 0 Å². The quantitative estimate of drug-likeness (QED) is 0.0321. The number of hydrogen-bond acceptors (Lipinski definition) is 5. The molecular formula is C64H117NO5. The Balaban J connectivity index is 3.49. The molecule has 0 rings (SSSR count). The third-order valence-electron chi connectivity index (χ3n) is 13.7. The zero-order chi connectivity index (χ0) is 50.7. The molecule has 0 fully saturated rings. The summed E-state index contributed by atoms with van der Waals surface area (Å²) in [6.07, 6.45) is 76.8. The van der Waals surface area contributed by atoms with Crippen molar-refractivity contribution >= 4 is 11.9 Å². The topological polar surface area (TPSA) is 95.9 Å². The average Bonchev–Trinajstić information content (AvgIpc) is 3.36. The standard InChI is InChI=1S/C64H117NO5/c1-3-5-7-9-11-13-15-17-18-26-29-33-36-40-44-48-52-56-62(67)61(60-66)65-63(68)57-53-49-45-41-37-34-30-27-24-22-20-19-21-23-25-28-31-35-39-43-47-51-55-59-70-64(69)58-54-50-46-42-38-32-16-14-12-10-8-6-4-2/h8,10,14,16,19,21-22,24,52,56,61-62,66-67H,3-7,9,11-13,15,17-18,20,23,25-51,53-55,57-60H2,1-2H3,(H,65,68)/b10-8-,16-14-,21-19-,24-22-,56-52+. The number of nitrogens with one attached hydrogen (secondary N) is 1. The first-order chi connectivity index (χ1) is 34.5. The summed E-state index contributed by atoms with van der Waals surface area (Å²) in [5, 5.41) is 23.1. The van der Waals surface area contributed by atoms with E-state index >= 15 is 0 Å².